The lowest BCUT2D eigenvalue weighted by Gasteiger charge is -2.14. The van der Waals surface area contributed by atoms with E-state index in [-0.39, 0.29) is 0 Å². The predicted octanol–water partition coefficient (Wildman–Crippen LogP) is 8.78. The fraction of sp³-hybridized carbons (Fsp3) is 0.0930. The van der Waals surface area contributed by atoms with Crippen molar-refractivity contribution in [1.82, 2.24) is 9.97 Å². The molecule has 5 aromatic carbocycles. The van der Waals surface area contributed by atoms with Crippen molar-refractivity contribution >= 4 is 23.4 Å². The van der Waals surface area contributed by atoms with Gasteiger partial charge in [0.1, 0.15) is 0 Å². The average molecular weight is 592 g/mol. The molecule has 0 fully saturated rings. The van der Waals surface area contributed by atoms with Crippen LogP contribution in [-0.2, 0) is 0 Å². The minimum atomic E-state index is 0.726. The van der Waals surface area contributed by atoms with Gasteiger partial charge in [-0.15, -0.1) is 0 Å². The van der Waals surface area contributed by atoms with Gasteiger partial charge in [0, 0.05) is 29.4 Å². The first-order chi connectivity index (χ1) is 22.8. The molecule has 0 N–H and O–H groups in total. The normalized spacial score (nSPS) is 13.9. The molecule has 3 heteroatoms. The molecule has 0 saturated heterocycles. The van der Waals surface area contributed by atoms with Crippen LogP contribution in [0.4, 0.5) is 0 Å². The van der Waals surface area contributed by atoms with Crippen molar-refractivity contribution in [2.45, 2.75) is 19.3 Å². The second kappa shape index (κ2) is 12.4. The lowest BCUT2D eigenvalue weighted by atomic mass is 9.92. The zero-order chi connectivity index (χ0) is 30.7. The van der Waals surface area contributed by atoms with Crippen molar-refractivity contribution in [3.63, 3.8) is 0 Å². The van der Waals surface area contributed by atoms with Gasteiger partial charge >= 0.3 is 0 Å². The molecule has 0 atom stereocenters. The summed E-state index contributed by atoms with van der Waals surface area (Å²) in [4.78, 5) is 14.8. The summed E-state index contributed by atoms with van der Waals surface area (Å²) in [6, 6.07) is 47.4. The third-order valence-electron chi connectivity index (χ3n) is 8.89. The van der Waals surface area contributed by atoms with Crippen LogP contribution in [0.25, 0.3) is 62.3 Å². The summed E-state index contributed by atoms with van der Waals surface area (Å²) in [5, 5.41) is 2.63. The quantitative estimate of drug-likeness (QED) is 0.194. The Morgan fingerprint density at radius 3 is 1.83 bits per heavy atom. The fourth-order valence-electron chi connectivity index (χ4n) is 6.47. The number of aliphatic imine (C=N–C) groups is 1. The fourth-order valence-corrected chi connectivity index (χ4v) is 6.47. The Bertz CT molecular complexity index is 2230. The number of rotatable bonds is 6. The molecule has 0 amide bonds. The molecular weight excluding hydrogens is 558 g/mol. The Hall–Kier alpha value is -5.67. The molecule has 0 unspecified atom stereocenters. The second-order valence-corrected chi connectivity index (χ2v) is 11.9. The topological polar surface area (TPSA) is 38.1 Å². The molecule has 2 heterocycles. The smallest absolute Gasteiger partial charge is 0.160 e. The predicted molar refractivity (Wildman–Crippen MR) is 192 cm³/mol. The van der Waals surface area contributed by atoms with Gasteiger partial charge in [-0.05, 0) is 75.2 Å². The van der Waals surface area contributed by atoms with Crippen LogP contribution in [-0.4, -0.2) is 22.7 Å². The summed E-state index contributed by atoms with van der Waals surface area (Å²) in [5.74, 6) is 0.726. The molecule has 0 bridgehead atoms. The van der Waals surface area contributed by atoms with E-state index in [0.29, 0.717) is 0 Å². The highest BCUT2D eigenvalue weighted by Crippen LogP contribution is 2.31. The Morgan fingerprint density at radius 2 is 1.09 bits per heavy atom. The van der Waals surface area contributed by atoms with E-state index < -0.39 is 0 Å². The lowest BCUT2D eigenvalue weighted by Crippen LogP contribution is -2.29. The van der Waals surface area contributed by atoms with Gasteiger partial charge in [-0.2, -0.15) is 0 Å². The standard InChI is InChI=1S/C43H33N3/c1-2-9-30(10-3-1)31-18-22-34(23-19-31)41-28-42(35-24-20-32(21-25-35)38-15-8-26-44-29-38)46-43(45-41)37-14-6-13-36(27-37)40-17-7-12-33-11-4-5-16-39(33)40/h1-6,9-16,18-25,27-29H,7-8,17,26H2. The first-order valence-electron chi connectivity index (χ1n) is 16.0. The van der Waals surface area contributed by atoms with Crippen LogP contribution >= 0.6 is 0 Å². The van der Waals surface area contributed by atoms with Crippen LogP contribution in [0, 0.1) is 0 Å². The van der Waals surface area contributed by atoms with E-state index in [1.165, 1.54) is 43.8 Å². The molecule has 2 aliphatic rings. The van der Waals surface area contributed by atoms with E-state index >= 15 is 0 Å². The minimum absolute atomic E-state index is 0.726. The van der Waals surface area contributed by atoms with Crippen molar-refractivity contribution in [2.24, 2.45) is 4.99 Å². The molecule has 1 aromatic heterocycles. The van der Waals surface area contributed by atoms with Gasteiger partial charge in [-0.1, -0.05) is 133 Å². The van der Waals surface area contributed by atoms with Crippen molar-refractivity contribution in [3.05, 3.63) is 161 Å². The zero-order valence-corrected chi connectivity index (χ0v) is 25.6. The van der Waals surface area contributed by atoms with Gasteiger partial charge in [0.15, 0.2) is 5.82 Å². The molecule has 8 rings (SSSR count). The Labute approximate surface area is 269 Å². The number of aromatic nitrogens is 2. The van der Waals surface area contributed by atoms with Gasteiger partial charge in [0.25, 0.3) is 0 Å². The maximum absolute atomic E-state index is 5.17. The monoisotopic (exact) mass is 591 g/mol. The molecule has 1 aliphatic heterocycles. The van der Waals surface area contributed by atoms with Crippen molar-refractivity contribution in [2.75, 3.05) is 6.54 Å². The molecular formula is C43H33N3. The highest BCUT2D eigenvalue weighted by Gasteiger charge is 2.14. The van der Waals surface area contributed by atoms with E-state index in [1.807, 2.05) is 12.3 Å². The molecule has 6 aromatic rings. The van der Waals surface area contributed by atoms with E-state index in [4.69, 9.17) is 9.97 Å². The SMILES string of the molecule is C1=NCCC=C1c1ccc(-c2cc(-c3ccc(-c4ccccc4)cc3)nc(-c3cccc(C4=c5ccccc5=CCC4)c3)n2)cc1. The summed E-state index contributed by atoms with van der Waals surface area (Å²) in [6.07, 6.45) is 9.63. The third kappa shape index (κ3) is 5.64. The first-order valence-corrected chi connectivity index (χ1v) is 16.0. The number of allylic oxidation sites excluding steroid dienone is 1. The van der Waals surface area contributed by atoms with E-state index in [9.17, 15) is 0 Å². The summed E-state index contributed by atoms with van der Waals surface area (Å²) >= 11 is 0. The summed E-state index contributed by atoms with van der Waals surface area (Å²) in [6.45, 7) is 0.867. The van der Waals surface area contributed by atoms with Crippen molar-refractivity contribution < 1.29 is 0 Å². The second-order valence-electron chi connectivity index (χ2n) is 11.9. The highest BCUT2D eigenvalue weighted by atomic mass is 14.9. The number of hydrogen-bond donors (Lipinski definition) is 0. The number of benzene rings is 5. The van der Waals surface area contributed by atoms with Crippen LogP contribution in [0.1, 0.15) is 30.4 Å². The summed E-state index contributed by atoms with van der Waals surface area (Å²) < 4.78 is 0. The van der Waals surface area contributed by atoms with Gasteiger partial charge in [-0.25, -0.2) is 9.97 Å². The molecule has 1 aliphatic carbocycles. The number of nitrogens with zero attached hydrogens (tertiary/aromatic N) is 3. The number of hydrogen-bond acceptors (Lipinski definition) is 3. The summed E-state index contributed by atoms with van der Waals surface area (Å²) in [5.41, 5.74) is 12.3. The zero-order valence-electron chi connectivity index (χ0n) is 25.6. The highest BCUT2D eigenvalue weighted by molar-refractivity contribution is 6.10. The first kappa shape index (κ1) is 27.8. The molecule has 0 saturated carbocycles. The van der Waals surface area contributed by atoms with Crippen molar-refractivity contribution in [3.8, 4) is 45.0 Å². The van der Waals surface area contributed by atoms with Gasteiger partial charge in [-0.3, -0.25) is 4.99 Å². The Kier molecular flexibility index (Phi) is 7.49. The Balaban J connectivity index is 1.23. The molecule has 46 heavy (non-hydrogen) atoms. The van der Waals surface area contributed by atoms with Crippen molar-refractivity contribution in [1.29, 1.82) is 0 Å². The van der Waals surface area contributed by atoms with Gasteiger partial charge in [0.2, 0.25) is 0 Å². The maximum Gasteiger partial charge on any atom is 0.160 e. The minimum Gasteiger partial charge on any atom is -0.292 e. The van der Waals surface area contributed by atoms with Crippen LogP contribution < -0.4 is 10.4 Å². The largest absolute Gasteiger partial charge is 0.292 e. The van der Waals surface area contributed by atoms with E-state index in [2.05, 4.69) is 145 Å². The molecule has 0 radical (unpaired) electrons. The molecule has 220 valence electrons. The van der Waals surface area contributed by atoms with Gasteiger partial charge in [0.05, 0.1) is 11.4 Å². The number of dihydropyridines is 1. The maximum atomic E-state index is 5.17. The summed E-state index contributed by atoms with van der Waals surface area (Å²) in [7, 11) is 0. The van der Waals surface area contributed by atoms with Crippen LogP contribution in [0.15, 0.2) is 145 Å². The molecule has 0 spiro atoms. The number of fused-ring (bicyclic) bond motifs is 1. The third-order valence-corrected chi connectivity index (χ3v) is 8.89. The molecule has 3 nitrogen and oxygen atoms in total. The average Bonchev–Trinajstić information content (AvgIpc) is 3.15. The lowest BCUT2D eigenvalue weighted by molar-refractivity contribution is 1.01. The van der Waals surface area contributed by atoms with Gasteiger partial charge < -0.3 is 0 Å². The van der Waals surface area contributed by atoms with Crippen LogP contribution in [0.2, 0.25) is 0 Å². The Morgan fingerprint density at radius 1 is 0.457 bits per heavy atom. The van der Waals surface area contributed by atoms with E-state index in [0.717, 1.165) is 59.7 Å². The van der Waals surface area contributed by atoms with Crippen LogP contribution in [0.3, 0.4) is 0 Å². The van der Waals surface area contributed by atoms with E-state index in [1.54, 1.807) is 0 Å². The van der Waals surface area contributed by atoms with Crippen LogP contribution in [0.5, 0.6) is 0 Å².